The second-order valence-corrected chi connectivity index (χ2v) is 4.39. The van der Waals surface area contributed by atoms with Crippen LogP contribution >= 0.6 is 0 Å². The molecule has 0 fully saturated rings. The van der Waals surface area contributed by atoms with E-state index < -0.39 is 0 Å². The highest BCUT2D eigenvalue weighted by molar-refractivity contribution is 5.92. The van der Waals surface area contributed by atoms with Gasteiger partial charge in [-0.25, -0.2) is 0 Å². The predicted molar refractivity (Wildman–Crippen MR) is 73.7 cm³/mol. The van der Waals surface area contributed by atoms with Gasteiger partial charge in [-0.1, -0.05) is 24.3 Å². The predicted octanol–water partition coefficient (Wildman–Crippen LogP) is 2.51. The minimum absolute atomic E-state index is 0.271. The van der Waals surface area contributed by atoms with Gasteiger partial charge in [0.05, 0.1) is 5.69 Å². The molecule has 4 heteroatoms. The van der Waals surface area contributed by atoms with Gasteiger partial charge in [-0.05, 0) is 26.2 Å². The summed E-state index contributed by atoms with van der Waals surface area (Å²) in [4.78, 5) is 0. The molecule has 2 N–H and O–H groups in total. The fraction of sp³-hybridized carbons (Fsp3) is 0.429. The summed E-state index contributed by atoms with van der Waals surface area (Å²) in [5.74, 6) is 0.847. The van der Waals surface area contributed by atoms with Crippen molar-refractivity contribution in [1.82, 2.24) is 10.2 Å². The molecule has 1 aromatic carbocycles. The molecule has 4 nitrogen and oxygen atoms in total. The van der Waals surface area contributed by atoms with E-state index in [1.165, 1.54) is 0 Å². The van der Waals surface area contributed by atoms with Gasteiger partial charge in [0.15, 0.2) is 5.82 Å². The molecule has 0 aliphatic carbocycles. The number of aromatic nitrogens is 2. The van der Waals surface area contributed by atoms with Crippen molar-refractivity contribution < 1.29 is 5.11 Å². The van der Waals surface area contributed by atoms with E-state index in [4.69, 9.17) is 5.11 Å². The number of nitrogens with zero attached hydrogens (tertiary/aromatic N) is 2. The molecular weight excluding hydrogens is 226 g/mol. The maximum atomic E-state index is 8.71. The number of fused-ring (bicyclic) bond motifs is 1. The number of benzene rings is 1. The lowest BCUT2D eigenvalue weighted by Gasteiger charge is -2.09. The van der Waals surface area contributed by atoms with Gasteiger partial charge in [0.25, 0.3) is 0 Å². The van der Waals surface area contributed by atoms with Crippen LogP contribution in [0.2, 0.25) is 0 Å². The van der Waals surface area contributed by atoms with Crippen LogP contribution in [-0.4, -0.2) is 28.5 Å². The third-order valence-electron chi connectivity index (χ3n) is 3.00. The zero-order valence-electron chi connectivity index (χ0n) is 10.7. The van der Waals surface area contributed by atoms with E-state index in [9.17, 15) is 0 Å². The van der Waals surface area contributed by atoms with Crippen molar-refractivity contribution in [1.29, 1.82) is 0 Å². The molecule has 0 saturated heterocycles. The summed E-state index contributed by atoms with van der Waals surface area (Å²) in [7, 11) is 0. The van der Waals surface area contributed by atoms with Crippen LogP contribution in [0.4, 0.5) is 5.82 Å². The summed E-state index contributed by atoms with van der Waals surface area (Å²) in [6.45, 7) is 3.11. The third-order valence-corrected chi connectivity index (χ3v) is 3.00. The molecule has 0 saturated carbocycles. The van der Waals surface area contributed by atoms with E-state index in [-0.39, 0.29) is 6.61 Å². The number of aryl methyl sites for hydroxylation is 1. The number of hydrogen-bond acceptors (Lipinski definition) is 4. The summed E-state index contributed by atoms with van der Waals surface area (Å²) < 4.78 is 0. The lowest BCUT2D eigenvalue weighted by atomic mass is 10.1. The molecule has 1 aromatic heterocycles. The quantitative estimate of drug-likeness (QED) is 0.768. The SMILES string of the molecule is Cc1nnc(NCCCCCO)c2ccccc12. The number of aliphatic hydroxyl groups is 1. The zero-order chi connectivity index (χ0) is 12.8. The van der Waals surface area contributed by atoms with Gasteiger partial charge < -0.3 is 10.4 Å². The Morgan fingerprint density at radius 2 is 1.83 bits per heavy atom. The Labute approximate surface area is 107 Å². The van der Waals surface area contributed by atoms with Gasteiger partial charge in [-0.15, -0.1) is 5.10 Å². The Balaban J connectivity index is 2.07. The van der Waals surface area contributed by atoms with E-state index in [2.05, 4.69) is 27.6 Å². The summed E-state index contributed by atoms with van der Waals surface area (Å²) in [5, 5.41) is 22.7. The van der Waals surface area contributed by atoms with Gasteiger partial charge in [0, 0.05) is 23.9 Å². The standard InChI is InChI=1S/C14H19N3O/c1-11-12-7-3-4-8-13(12)14(17-16-11)15-9-5-2-6-10-18/h3-4,7-8,18H,2,5-6,9-10H2,1H3,(H,15,17). The fourth-order valence-electron chi connectivity index (χ4n) is 1.99. The average molecular weight is 245 g/mol. The van der Waals surface area contributed by atoms with Gasteiger partial charge in [0.2, 0.25) is 0 Å². The Morgan fingerprint density at radius 1 is 1.06 bits per heavy atom. The molecular formula is C14H19N3O. The summed E-state index contributed by atoms with van der Waals surface area (Å²) in [6, 6.07) is 8.16. The molecule has 0 aliphatic heterocycles. The van der Waals surface area contributed by atoms with Crippen LogP contribution in [0.25, 0.3) is 10.8 Å². The van der Waals surface area contributed by atoms with Crippen LogP contribution in [0, 0.1) is 6.92 Å². The van der Waals surface area contributed by atoms with Crippen molar-refractivity contribution in [2.45, 2.75) is 26.2 Å². The molecule has 0 amide bonds. The largest absolute Gasteiger partial charge is 0.396 e. The van der Waals surface area contributed by atoms with E-state index in [0.29, 0.717) is 0 Å². The maximum Gasteiger partial charge on any atom is 0.156 e. The van der Waals surface area contributed by atoms with E-state index in [1.54, 1.807) is 0 Å². The molecule has 0 radical (unpaired) electrons. The van der Waals surface area contributed by atoms with Crippen molar-refractivity contribution in [2.75, 3.05) is 18.5 Å². The molecule has 18 heavy (non-hydrogen) atoms. The minimum Gasteiger partial charge on any atom is -0.396 e. The van der Waals surface area contributed by atoms with Crippen molar-refractivity contribution in [3.8, 4) is 0 Å². The van der Waals surface area contributed by atoms with Gasteiger partial charge in [-0.3, -0.25) is 0 Å². The Hall–Kier alpha value is -1.68. The normalized spacial score (nSPS) is 10.8. The molecule has 2 aromatic rings. The lowest BCUT2D eigenvalue weighted by Crippen LogP contribution is -2.06. The molecule has 0 spiro atoms. The summed E-state index contributed by atoms with van der Waals surface area (Å²) in [5.41, 5.74) is 0.955. The lowest BCUT2D eigenvalue weighted by molar-refractivity contribution is 0.283. The number of nitrogens with one attached hydrogen (secondary N) is 1. The highest BCUT2D eigenvalue weighted by Crippen LogP contribution is 2.22. The molecule has 0 atom stereocenters. The molecule has 1 heterocycles. The average Bonchev–Trinajstić information content (AvgIpc) is 2.41. The second-order valence-electron chi connectivity index (χ2n) is 4.39. The van der Waals surface area contributed by atoms with Crippen molar-refractivity contribution in [3.05, 3.63) is 30.0 Å². The first kappa shape index (κ1) is 12.8. The van der Waals surface area contributed by atoms with Crippen LogP contribution in [0.1, 0.15) is 25.0 Å². The van der Waals surface area contributed by atoms with E-state index in [1.807, 2.05) is 19.1 Å². The number of anilines is 1. The van der Waals surface area contributed by atoms with Gasteiger partial charge >= 0.3 is 0 Å². The zero-order valence-corrected chi connectivity index (χ0v) is 10.7. The highest BCUT2D eigenvalue weighted by Gasteiger charge is 2.04. The van der Waals surface area contributed by atoms with Gasteiger partial charge in [0.1, 0.15) is 0 Å². The number of hydrogen-bond donors (Lipinski definition) is 2. The van der Waals surface area contributed by atoms with E-state index >= 15 is 0 Å². The molecule has 0 unspecified atom stereocenters. The van der Waals surface area contributed by atoms with Crippen LogP contribution in [0.3, 0.4) is 0 Å². The summed E-state index contributed by atoms with van der Waals surface area (Å²) >= 11 is 0. The van der Waals surface area contributed by atoms with Crippen LogP contribution in [0.5, 0.6) is 0 Å². The second kappa shape index (κ2) is 6.31. The summed E-state index contributed by atoms with van der Waals surface area (Å²) in [6.07, 6.45) is 2.92. The Bertz CT molecular complexity index is 513. The molecule has 0 aliphatic rings. The van der Waals surface area contributed by atoms with Crippen molar-refractivity contribution >= 4 is 16.6 Å². The van der Waals surface area contributed by atoms with Crippen molar-refractivity contribution in [3.63, 3.8) is 0 Å². The maximum absolute atomic E-state index is 8.71. The molecule has 96 valence electrons. The smallest absolute Gasteiger partial charge is 0.156 e. The van der Waals surface area contributed by atoms with Crippen molar-refractivity contribution in [2.24, 2.45) is 0 Å². The Kier molecular flexibility index (Phi) is 4.47. The molecule has 0 bridgehead atoms. The minimum atomic E-state index is 0.271. The number of rotatable bonds is 6. The number of aliphatic hydroxyl groups excluding tert-OH is 1. The first-order chi connectivity index (χ1) is 8.83. The monoisotopic (exact) mass is 245 g/mol. The third kappa shape index (κ3) is 2.96. The fourth-order valence-corrected chi connectivity index (χ4v) is 1.99. The molecule has 2 rings (SSSR count). The first-order valence-electron chi connectivity index (χ1n) is 6.39. The van der Waals surface area contributed by atoms with Crippen LogP contribution in [-0.2, 0) is 0 Å². The van der Waals surface area contributed by atoms with E-state index in [0.717, 1.165) is 48.1 Å². The Morgan fingerprint density at radius 3 is 2.61 bits per heavy atom. The van der Waals surface area contributed by atoms with Crippen LogP contribution in [0.15, 0.2) is 24.3 Å². The topological polar surface area (TPSA) is 58.0 Å². The number of unbranched alkanes of at least 4 members (excludes halogenated alkanes) is 2. The van der Waals surface area contributed by atoms with Gasteiger partial charge in [-0.2, -0.15) is 5.10 Å². The van der Waals surface area contributed by atoms with Crippen LogP contribution < -0.4 is 5.32 Å². The first-order valence-corrected chi connectivity index (χ1v) is 6.39. The highest BCUT2D eigenvalue weighted by atomic mass is 16.2.